The molecule has 0 aliphatic carbocycles. The van der Waals surface area contributed by atoms with Gasteiger partial charge in [0.15, 0.2) is 11.5 Å². The minimum absolute atomic E-state index is 0.00637. The van der Waals surface area contributed by atoms with Gasteiger partial charge >= 0.3 is 5.97 Å². The number of likely N-dealkylation sites (N-methyl/N-ethyl adjacent to an activating group) is 1. The normalized spacial score (nSPS) is 14.8. The van der Waals surface area contributed by atoms with E-state index in [1.165, 1.54) is 49.5 Å². The third-order valence-electron chi connectivity index (χ3n) is 6.38. The topological polar surface area (TPSA) is 107 Å². The summed E-state index contributed by atoms with van der Waals surface area (Å²) in [6, 6.07) is 24.2. The molecule has 1 aliphatic rings. The van der Waals surface area contributed by atoms with Crippen molar-refractivity contribution in [2.24, 2.45) is 0 Å². The highest BCUT2D eigenvalue weighted by atomic mass is 35.5. The first-order valence-corrected chi connectivity index (χ1v) is 13.9. The van der Waals surface area contributed by atoms with Crippen LogP contribution in [0.15, 0.2) is 102 Å². The van der Waals surface area contributed by atoms with Crippen LogP contribution in [0.25, 0.3) is 16.5 Å². The predicted molar refractivity (Wildman–Crippen MR) is 149 cm³/mol. The molecule has 0 aromatic heterocycles. The van der Waals surface area contributed by atoms with Gasteiger partial charge in [0, 0.05) is 23.2 Å². The van der Waals surface area contributed by atoms with Gasteiger partial charge in [0.25, 0.3) is 16.1 Å². The van der Waals surface area contributed by atoms with Crippen molar-refractivity contribution >= 4 is 55.7 Å². The maximum Gasteiger partial charge on any atom is 0.360 e. The third-order valence-corrected chi connectivity index (χ3v) is 8.45. The maximum atomic E-state index is 13.9. The number of hydrogen-bond acceptors (Lipinski definition) is 7. The molecule has 202 valence electrons. The molecule has 0 bridgehead atoms. The van der Waals surface area contributed by atoms with E-state index >= 15 is 0 Å². The average molecular weight is 576 g/mol. The van der Waals surface area contributed by atoms with Crippen LogP contribution in [0.4, 0.5) is 0 Å². The van der Waals surface area contributed by atoms with Crippen LogP contribution in [0, 0.1) is 0 Å². The van der Waals surface area contributed by atoms with E-state index < -0.39 is 33.7 Å². The van der Waals surface area contributed by atoms with E-state index in [0.717, 1.165) is 22.0 Å². The van der Waals surface area contributed by atoms with E-state index in [9.17, 15) is 22.8 Å². The third kappa shape index (κ3) is 4.97. The lowest BCUT2D eigenvalue weighted by molar-refractivity contribution is -0.149. The summed E-state index contributed by atoms with van der Waals surface area (Å²) in [6.45, 7) is 1.16. The fourth-order valence-electron chi connectivity index (χ4n) is 4.33. The Hall–Kier alpha value is -4.47. The molecule has 5 rings (SSSR count). The van der Waals surface area contributed by atoms with Gasteiger partial charge in [0.05, 0.1) is 4.90 Å². The average Bonchev–Trinajstić information content (AvgIpc) is 2.95. The number of carbonyl (C=O) groups is 3. The first-order valence-electron chi connectivity index (χ1n) is 12.1. The molecule has 1 atom stereocenters. The summed E-state index contributed by atoms with van der Waals surface area (Å²) in [5, 5.41) is 2.08. The molecule has 40 heavy (non-hydrogen) atoms. The van der Waals surface area contributed by atoms with Crippen molar-refractivity contribution in [3.8, 4) is 5.75 Å². The van der Waals surface area contributed by atoms with E-state index in [2.05, 4.69) is 0 Å². The Bertz CT molecular complexity index is 1810. The highest BCUT2D eigenvalue weighted by Crippen LogP contribution is 2.38. The molecule has 0 saturated heterocycles. The van der Waals surface area contributed by atoms with E-state index in [1.807, 2.05) is 24.3 Å². The van der Waals surface area contributed by atoms with Crippen LogP contribution in [0.3, 0.4) is 0 Å². The van der Waals surface area contributed by atoms with Crippen molar-refractivity contribution in [2.45, 2.75) is 17.9 Å². The fourth-order valence-corrected chi connectivity index (χ4v) is 5.85. The molecule has 0 amide bonds. The molecule has 4 aromatic rings. The van der Waals surface area contributed by atoms with E-state index in [1.54, 1.807) is 24.3 Å². The van der Waals surface area contributed by atoms with E-state index in [0.29, 0.717) is 5.02 Å². The molecule has 1 aliphatic heterocycles. The van der Waals surface area contributed by atoms with Gasteiger partial charge < -0.3 is 9.47 Å². The number of allylic oxidation sites excluding steroid dienone is 1. The van der Waals surface area contributed by atoms with Crippen molar-refractivity contribution in [1.82, 2.24) is 4.31 Å². The van der Waals surface area contributed by atoms with E-state index in [4.69, 9.17) is 21.1 Å². The lowest BCUT2D eigenvalue weighted by Crippen LogP contribution is -2.39. The molecule has 0 radical (unpaired) electrons. The Balaban J connectivity index is 1.62. The molecule has 1 unspecified atom stereocenters. The van der Waals surface area contributed by atoms with Crippen molar-refractivity contribution in [3.05, 3.63) is 113 Å². The summed E-state index contributed by atoms with van der Waals surface area (Å²) in [4.78, 5) is 39.6. The first kappa shape index (κ1) is 27.1. The summed E-state index contributed by atoms with van der Waals surface area (Å²) >= 11 is 5.91. The smallest absolute Gasteiger partial charge is 0.360 e. The lowest BCUT2D eigenvalue weighted by atomic mass is 10.0. The van der Waals surface area contributed by atoms with Gasteiger partial charge in [-0.2, -0.15) is 0 Å². The van der Waals surface area contributed by atoms with Gasteiger partial charge in [-0.25, -0.2) is 13.2 Å². The molecule has 10 heteroatoms. The van der Waals surface area contributed by atoms with Crippen molar-refractivity contribution in [3.63, 3.8) is 0 Å². The van der Waals surface area contributed by atoms with Gasteiger partial charge in [-0.1, -0.05) is 60.1 Å². The molecule has 1 heterocycles. The molecule has 0 spiro atoms. The maximum absolute atomic E-state index is 13.9. The number of esters is 1. The monoisotopic (exact) mass is 575 g/mol. The molecular formula is C30H22ClNO7S. The lowest BCUT2D eigenvalue weighted by Gasteiger charge is -2.30. The summed E-state index contributed by atoms with van der Waals surface area (Å²) in [6.07, 6.45) is -1.69. The van der Waals surface area contributed by atoms with Crippen LogP contribution in [-0.2, 0) is 24.3 Å². The van der Waals surface area contributed by atoms with Gasteiger partial charge in [0.2, 0.25) is 5.78 Å². The highest BCUT2D eigenvalue weighted by Gasteiger charge is 2.41. The zero-order valence-corrected chi connectivity index (χ0v) is 22.9. The van der Waals surface area contributed by atoms with E-state index in [-0.39, 0.29) is 33.2 Å². The highest BCUT2D eigenvalue weighted by molar-refractivity contribution is 7.89. The summed E-state index contributed by atoms with van der Waals surface area (Å²) in [7, 11) is -2.96. The quantitative estimate of drug-likeness (QED) is 0.168. The zero-order valence-electron chi connectivity index (χ0n) is 21.3. The Morgan fingerprint density at radius 2 is 1.50 bits per heavy atom. The Morgan fingerprint density at radius 3 is 2.20 bits per heavy atom. The van der Waals surface area contributed by atoms with Gasteiger partial charge in [-0.3, -0.25) is 13.9 Å². The minimum atomic E-state index is -4.17. The number of ether oxygens (including phenoxy) is 2. The number of carbonyl (C=O) groups excluding carboxylic acids is 3. The van der Waals surface area contributed by atoms with Crippen LogP contribution < -0.4 is 4.74 Å². The predicted octanol–water partition coefficient (Wildman–Crippen LogP) is 5.26. The largest absolute Gasteiger partial charge is 0.471 e. The fraction of sp³-hybridized carbons (Fsp3) is 0.100. The number of hydrogen-bond donors (Lipinski definition) is 0. The van der Waals surface area contributed by atoms with Crippen molar-refractivity contribution < 1.29 is 32.3 Å². The Kier molecular flexibility index (Phi) is 7.18. The molecule has 4 aromatic carbocycles. The SMILES string of the molecule is CC(=O)C(Oc1ccc(Cl)cc1)C(=O)OC1=C(C(=O)c2ccc3ccccc3c2)N(C)S(=O)(=O)c2ccccc21. The second-order valence-corrected chi connectivity index (χ2v) is 11.4. The zero-order chi connectivity index (χ0) is 28.6. The molecule has 0 saturated carbocycles. The summed E-state index contributed by atoms with van der Waals surface area (Å²) in [5.74, 6) is -2.59. The van der Waals surface area contributed by atoms with Crippen LogP contribution in [0.2, 0.25) is 5.02 Å². The Labute approximate surface area is 235 Å². The molecular weight excluding hydrogens is 554 g/mol. The second-order valence-electron chi connectivity index (χ2n) is 9.02. The van der Waals surface area contributed by atoms with Gasteiger partial charge in [-0.15, -0.1) is 0 Å². The number of fused-ring (bicyclic) bond motifs is 2. The van der Waals surface area contributed by atoms with Gasteiger partial charge in [0.1, 0.15) is 11.4 Å². The second kappa shape index (κ2) is 10.6. The molecule has 8 nitrogen and oxygen atoms in total. The summed E-state index contributed by atoms with van der Waals surface area (Å²) in [5.41, 5.74) is -0.188. The Morgan fingerprint density at radius 1 is 0.850 bits per heavy atom. The number of nitrogens with zero attached hydrogens (tertiary/aromatic N) is 1. The minimum Gasteiger partial charge on any atom is -0.471 e. The number of benzene rings is 4. The van der Waals surface area contributed by atoms with Crippen LogP contribution in [0.5, 0.6) is 5.75 Å². The number of sulfonamides is 1. The van der Waals surface area contributed by atoms with Crippen LogP contribution in [-0.4, -0.2) is 43.4 Å². The molecule has 0 fully saturated rings. The number of rotatable bonds is 7. The standard InChI is InChI=1S/C30H22ClNO7S/c1-18(33)28(38-23-15-13-22(31)14-16-23)30(35)39-29-24-9-5-6-10-25(24)40(36,37)32(2)26(29)27(34)21-12-11-19-7-3-4-8-20(19)17-21/h3-17,28H,1-2H3. The van der Waals surface area contributed by atoms with Crippen molar-refractivity contribution in [2.75, 3.05) is 7.05 Å². The molecule has 0 N–H and O–H groups in total. The first-order chi connectivity index (χ1) is 19.1. The van der Waals surface area contributed by atoms with Crippen LogP contribution >= 0.6 is 11.6 Å². The number of ketones is 2. The number of Topliss-reactive ketones (excluding diaryl/α,β-unsaturated/α-hetero) is 2. The number of halogens is 1. The van der Waals surface area contributed by atoms with Gasteiger partial charge in [-0.05, 0) is 60.2 Å². The van der Waals surface area contributed by atoms with Crippen molar-refractivity contribution in [1.29, 1.82) is 0 Å². The van der Waals surface area contributed by atoms with Crippen LogP contribution in [0.1, 0.15) is 22.8 Å². The summed E-state index contributed by atoms with van der Waals surface area (Å²) < 4.78 is 38.9.